The minimum atomic E-state index is 0.966. The highest BCUT2D eigenvalue weighted by Crippen LogP contribution is 2.29. The van der Waals surface area contributed by atoms with Gasteiger partial charge in [0, 0.05) is 34.8 Å². The quantitative estimate of drug-likeness (QED) is 0.546. The highest BCUT2D eigenvalue weighted by molar-refractivity contribution is 7.99. The molecule has 0 amide bonds. The van der Waals surface area contributed by atoms with Crippen molar-refractivity contribution in [2.45, 2.75) is 4.90 Å². The molecule has 0 aliphatic rings. The van der Waals surface area contributed by atoms with Crippen molar-refractivity contribution in [1.82, 2.24) is 4.57 Å². The molecule has 0 aliphatic heterocycles. The van der Waals surface area contributed by atoms with E-state index in [4.69, 9.17) is 0 Å². The molecule has 1 heterocycles. The van der Waals surface area contributed by atoms with E-state index in [0.29, 0.717) is 0 Å². The van der Waals surface area contributed by atoms with Gasteiger partial charge in [0.15, 0.2) is 0 Å². The van der Waals surface area contributed by atoms with Gasteiger partial charge < -0.3 is 4.57 Å². The summed E-state index contributed by atoms with van der Waals surface area (Å²) < 4.78 is 2.17. The van der Waals surface area contributed by atoms with Crippen molar-refractivity contribution in [3.05, 3.63) is 43.1 Å². The van der Waals surface area contributed by atoms with Crippen molar-refractivity contribution >= 4 is 22.7 Å². The number of fused-ring (bicyclic) bond motifs is 1. The lowest BCUT2D eigenvalue weighted by molar-refractivity contribution is 0.958. The van der Waals surface area contributed by atoms with Crippen LogP contribution in [0.1, 0.15) is 0 Å². The molecule has 2 aromatic rings. The lowest BCUT2D eigenvalue weighted by atomic mass is 10.2. The van der Waals surface area contributed by atoms with Crippen LogP contribution in [0, 0.1) is 0 Å². The van der Waals surface area contributed by atoms with Gasteiger partial charge in [-0.1, -0.05) is 24.3 Å². The Balaban J connectivity index is 2.49. The highest BCUT2D eigenvalue weighted by Gasteiger charge is 2.04. The summed E-state index contributed by atoms with van der Waals surface area (Å²) in [5.41, 5.74) is 1.29. The topological polar surface area (TPSA) is 4.93 Å². The minimum absolute atomic E-state index is 0.966. The van der Waals surface area contributed by atoms with E-state index in [1.54, 1.807) is 0 Å². The molecule has 0 atom stereocenters. The minimum Gasteiger partial charge on any atom is -0.349 e. The molecule has 0 radical (unpaired) electrons. The first kappa shape index (κ1) is 9.41. The molecule has 2 rings (SSSR count). The van der Waals surface area contributed by atoms with Gasteiger partial charge in [-0.15, -0.1) is 18.3 Å². The maximum Gasteiger partial charge on any atom is 0.0489 e. The Morgan fingerprint density at radius 1 is 1.43 bits per heavy atom. The molecule has 0 N–H and O–H groups in total. The lowest BCUT2D eigenvalue weighted by Crippen LogP contribution is -1.81. The van der Waals surface area contributed by atoms with Crippen molar-refractivity contribution in [2.75, 3.05) is 5.75 Å². The van der Waals surface area contributed by atoms with Crippen LogP contribution in [-0.4, -0.2) is 10.3 Å². The number of rotatable bonds is 3. The monoisotopic (exact) mass is 203 g/mol. The van der Waals surface area contributed by atoms with Gasteiger partial charge in [0.25, 0.3) is 0 Å². The number of thioether (sulfide) groups is 1. The van der Waals surface area contributed by atoms with E-state index >= 15 is 0 Å². The summed E-state index contributed by atoms with van der Waals surface area (Å²) in [6.45, 7) is 3.73. The van der Waals surface area contributed by atoms with Gasteiger partial charge in [0.1, 0.15) is 0 Å². The van der Waals surface area contributed by atoms with Gasteiger partial charge >= 0.3 is 0 Å². The summed E-state index contributed by atoms with van der Waals surface area (Å²) in [7, 11) is 2.08. The van der Waals surface area contributed by atoms with E-state index in [1.165, 1.54) is 15.8 Å². The zero-order valence-corrected chi connectivity index (χ0v) is 9.05. The number of aromatic nitrogens is 1. The van der Waals surface area contributed by atoms with Crippen molar-refractivity contribution < 1.29 is 0 Å². The van der Waals surface area contributed by atoms with E-state index in [-0.39, 0.29) is 0 Å². The number of hydrogen-bond donors (Lipinski definition) is 0. The van der Waals surface area contributed by atoms with Crippen LogP contribution in [0.2, 0.25) is 0 Å². The third-order valence-corrected chi connectivity index (χ3v) is 3.26. The standard InChI is InChI=1S/C12H13NS/c1-3-8-14-12-9-13(2)11-7-5-4-6-10(11)12/h3-7,9H,1,8H2,2H3. The summed E-state index contributed by atoms with van der Waals surface area (Å²) in [5, 5.41) is 1.34. The lowest BCUT2D eigenvalue weighted by Gasteiger charge is -1.94. The van der Waals surface area contributed by atoms with Crippen molar-refractivity contribution in [3.8, 4) is 0 Å². The van der Waals surface area contributed by atoms with Crippen LogP contribution < -0.4 is 0 Å². The second kappa shape index (κ2) is 3.93. The maximum absolute atomic E-state index is 3.73. The Morgan fingerprint density at radius 3 is 3.00 bits per heavy atom. The van der Waals surface area contributed by atoms with Gasteiger partial charge in [-0.05, 0) is 6.07 Å². The second-order valence-corrected chi connectivity index (χ2v) is 4.28. The first-order chi connectivity index (χ1) is 6.83. The molecular formula is C12H13NS. The van der Waals surface area contributed by atoms with Gasteiger partial charge in [-0.25, -0.2) is 0 Å². The predicted molar refractivity (Wildman–Crippen MR) is 63.8 cm³/mol. The summed E-state index contributed by atoms with van der Waals surface area (Å²) in [4.78, 5) is 1.34. The Hall–Kier alpha value is -1.15. The van der Waals surface area contributed by atoms with Crippen LogP contribution in [-0.2, 0) is 7.05 Å². The molecule has 1 aromatic carbocycles. The fraction of sp³-hybridized carbons (Fsp3) is 0.167. The number of para-hydroxylation sites is 1. The number of hydrogen-bond acceptors (Lipinski definition) is 1. The van der Waals surface area contributed by atoms with Crippen LogP contribution in [0.3, 0.4) is 0 Å². The summed E-state index contributed by atoms with van der Waals surface area (Å²) in [6, 6.07) is 8.47. The molecule has 1 aromatic heterocycles. The van der Waals surface area contributed by atoms with Gasteiger partial charge in [0.2, 0.25) is 0 Å². The SMILES string of the molecule is C=CCSc1cn(C)c2ccccc12. The molecule has 0 fully saturated rings. The summed E-state index contributed by atoms with van der Waals surface area (Å²) >= 11 is 1.83. The van der Waals surface area contributed by atoms with Crippen LogP contribution in [0.15, 0.2) is 48.0 Å². The summed E-state index contributed by atoms with van der Waals surface area (Å²) in [6.07, 6.45) is 4.12. The van der Waals surface area contributed by atoms with Gasteiger partial charge in [-0.2, -0.15) is 0 Å². The van der Waals surface area contributed by atoms with E-state index in [1.807, 2.05) is 17.8 Å². The molecule has 72 valence electrons. The molecule has 2 heteroatoms. The number of nitrogens with zero attached hydrogens (tertiary/aromatic N) is 1. The van der Waals surface area contributed by atoms with Crippen molar-refractivity contribution in [3.63, 3.8) is 0 Å². The Kier molecular flexibility index (Phi) is 2.64. The molecule has 14 heavy (non-hydrogen) atoms. The molecule has 1 nitrogen and oxygen atoms in total. The van der Waals surface area contributed by atoms with Crippen LogP contribution in [0.4, 0.5) is 0 Å². The number of benzene rings is 1. The maximum atomic E-state index is 3.73. The van der Waals surface area contributed by atoms with E-state index in [2.05, 4.69) is 48.7 Å². The molecular weight excluding hydrogens is 190 g/mol. The van der Waals surface area contributed by atoms with Crippen molar-refractivity contribution in [1.29, 1.82) is 0 Å². The smallest absolute Gasteiger partial charge is 0.0489 e. The van der Waals surface area contributed by atoms with Crippen molar-refractivity contribution in [2.24, 2.45) is 7.05 Å². The fourth-order valence-electron chi connectivity index (χ4n) is 1.57. The zero-order chi connectivity index (χ0) is 9.97. The van der Waals surface area contributed by atoms with Crippen LogP contribution in [0.25, 0.3) is 10.9 Å². The first-order valence-corrected chi connectivity index (χ1v) is 5.59. The molecule has 0 spiro atoms. The predicted octanol–water partition coefficient (Wildman–Crippen LogP) is 3.46. The van der Waals surface area contributed by atoms with Crippen LogP contribution >= 0.6 is 11.8 Å². The van der Waals surface area contributed by atoms with E-state index in [9.17, 15) is 0 Å². The average Bonchev–Trinajstić information content (AvgIpc) is 2.54. The molecule has 0 saturated heterocycles. The highest BCUT2D eigenvalue weighted by atomic mass is 32.2. The average molecular weight is 203 g/mol. The van der Waals surface area contributed by atoms with Gasteiger partial charge in [0.05, 0.1) is 0 Å². The number of aryl methyl sites for hydroxylation is 1. The Labute approximate surface area is 88.4 Å². The Bertz CT molecular complexity index is 456. The third kappa shape index (κ3) is 1.58. The third-order valence-electron chi connectivity index (χ3n) is 2.22. The molecule has 0 aliphatic carbocycles. The fourth-order valence-corrected chi connectivity index (χ4v) is 2.43. The normalized spacial score (nSPS) is 10.6. The largest absolute Gasteiger partial charge is 0.349 e. The van der Waals surface area contributed by atoms with E-state index < -0.39 is 0 Å². The van der Waals surface area contributed by atoms with Crippen LogP contribution in [0.5, 0.6) is 0 Å². The molecule has 0 bridgehead atoms. The molecule has 0 unspecified atom stereocenters. The Morgan fingerprint density at radius 2 is 2.21 bits per heavy atom. The summed E-state index contributed by atoms with van der Waals surface area (Å²) in [5.74, 6) is 0.966. The zero-order valence-electron chi connectivity index (χ0n) is 8.23. The molecule has 0 saturated carbocycles. The van der Waals surface area contributed by atoms with E-state index in [0.717, 1.165) is 5.75 Å². The second-order valence-electron chi connectivity index (χ2n) is 3.22. The van der Waals surface area contributed by atoms with Gasteiger partial charge in [-0.3, -0.25) is 0 Å². The first-order valence-electron chi connectivity index (χ1n) is 4.60.